The summed E-state index contributed by atoms with van der Waals surface area (Å²) in [5.41, 5.74) is -0.0591. The van der Waals surface area contributed by atoms with Gasteiger partial charge in [-0.1, -0.05) is 47.5 Å². The van der Waals surface area contributed by atoms with Crippen LogP contribution in [0.1, 0.15) is 16.1 Å². The van der Waals surface area contributed by atoms with Gasteiger partial charge in [0.05, 0.1) is 5.69 Å². The largest absolute Gasteiger partial charge is 0.435 e. The van der Waals surface area contributed by atoms with Gasteiger partial charge in [-0.3, -0.25) is 10.1 Å². The second-order valence-electron chi connectivity index (χ2n) is 7.19. The molecule has 11 heteroatoms. The number of nitrogens with zero attached hydrogens (tertiary/aromatic N) is 3. The molecular weight excluding hydrogens is 502 g/mol. The maximum absolute atomic E-state index is 13.5. The Bertz CT molecular complexity index is 1370. The molecule has 178 valence electrons. The Kier molecular flexibility index (Phi) is 7.09. The van der Waals surface area contributed by atoms with E-state index >= 15 is 0 Å². The molecule has 1 aromatic heterocycles. The number of aliphatic imine (C=N–C) groups is 1. The first kappa shape index (κ1) is 24.3. The highest BCUT2D eigenvalue weighted by atomic mass is 35.5. The Morgan fingerprint density at radius 3 is 2.26 bits per heavy atom. The third-order valence-electron chi connectivity index (χ3n) is 4.63. The zero-order chi connectivity index (χ0) is 25.0. The van der Waals surface area contributed by atoms with Gasteiger partial charge in [0.25, 0.3) is 5.91 Å². The monoisotopic (exact) mass is 517 g/mol. The molecular formula is C24H16Cl2F3N5O. The van der Waals surface area contributed by atoms with E-state index in [0.29, 0.717) is 21.4 Å². The van der Waals surface area contributed by atoms with Crippen molar-refractivity contribution in [2.24, 2.45) is 4.99 Å². The topological polar surface area (TPSA) is 71.3 Å². The number of anilines is 1. The summed E-state index contributed by atoms with van der Waals surface area (Å²) in [4.78, 5) is 17.1. The van der Waals surface area contributed by atoms with Crippen molar-refractivity contribution in [2.75, 3.05) is 5.32 Å². The van der Waals surface area contributed by atoms with Crippen molar-refractivity contribution in [1.29, 1.82) is 0 Å². The van der Waals surface area contributed by atoms with Crippen LogP contribution in [0.2, 0.25) is 10.0 Å². The number of guanidine groups is 1. The molecule has 1 amide bonds. The van der Waals surface area contributed by atoms with Crippen LogP contribution in [-0.4, -0.2) is 21.6 Å². The van der Waals surface area contributed by atoms with E-state index in [1.54, 1.807) is 54.6 Å². The third kappa shape index (κ3) is 6.20. The molecule has 0 radical (unpaired) electrons. The van der Waals surface area contributed by atoms with Gasteiger partial charge in [-0.25, -0.2) is 4.68 Å². The summed E-state index contributed by atoms with van der Waals surface area (Å²) >= 11 is 11.9. The molecule has 0 saturated carbocycles. The van der Waals surface area contributed by atoms with Crippen molar-refractivity contribution in [1.82, 2.24) is 15.1 Å². The number of para-hydroxylation sites is 1. The van der Waals surface area contributed by atoms with Crippen LogP contribution in [0.25, 0.3) is 5.69 Å². The van der Waals surface area contributed by atoms with Crippen LogP contribution in [0, 0.1) is 0 Å². The first-order chi connectivity index (χ1) is 16.7. The van der Waals surface area contributed by atoms with E-state index in [1.807, 2.05) is 0 Å². The van der Waals surface area contributed by atoms with Gasteiger partial charge in [0, 0.05) is 27.4 Å². The van der Waals surface area contributed by atoms with Crippen LogP contribution in [-0.2, 0) is 6.18 Å². The van der Waals surface area contributed by atoms with Crippen molar-refractivity contribution in [3.8, 4) is 5.69 Å². The van der Waals surface area contributed by atoms with E-state index in [1.165, 1.54) is 24.3 Å². The quantitative estimate of drug-likeness (QED) is 0.233. The van der Waals surface area contributed by atoms with Crippen LogP contribution >= 0.6 is 23.2 Å². The Balaban J connectivity index is 1.78. The van der Waals surface area contributed by atoms with E-state index in [2.05, 4.69) is 20.7 Å². The second kappa shape index (κ2) is 10.2. The molecule has 0 aliphatic carbocycles. The number of hydrogen-bond donors (Lipinski definition) is 2. The molecule has 3 aromatic carbocycles. The molecule has 0 bridgehead atoms. The Labute approximate surface area is 208 Å². The molecule has 0 saturated heterocycles. The minimum Gasteiger partial charge on any atom is -0.326 e. The summed E-state index contributed by atoms with van der Waals surface area (Å²) in [5.74, 6) is -0.862. The Morgan fingerprint density at radius 2 is 1.60 bits per heavy atom. The Morgan fingerprint density at radius 1 is 0.886 bits per heavy atom. The van der Waals surface area contributed by atoms with Gasteiger partial charge in [0.1, 0.15) is 0 Å². The fourth-order valence-corrected chi connectivity index (χ4v) is 3.35. The maximum atomic E-state index is 13.5. The first-order valence-corrected chi connectivity index (χ1v) is 10.9. The van der Waals surface area contributed by atoms with Gasteiger partial charge in [-0.05, 0) is 54.6 Å². The number of amides is 1. The molecule has 4 rings (SSSR count). The molecule has 0 fully saturated rings. The van der Waals surface area contributed by atoms with Gasteiger partial charge >= 0.3 is 6.18 Å². The normalized spacial score (nSPS) is 11.9. The minimum absolute atomic E-state index is 0.141. The van der Waals surface area contributed by atoms with Crippen molar-refractivity contribution < 1.29 is 18.0 Å². The summed E-state index contributed by atoms with van der Waals surface area (Å²) < 4.78 is 41.4. The van der Waals surface area contributed by atoms with E-state index in [4.69, 9.17) is 23.2 Å². The number of benzene rings is 3. The number of carbonyl (C=O) groups excluding carboxylic acids is 1. The number of rotatable bonds is 4. The van der Waals surface area contributed by atoms with Gasteiger partial charge in [-0.2, -0.15) is 23.3 Å². The van der Waals surface area contributed by atoms with Gasteiger partial charge < -0.3 is 5.32 Å². The van der Waals surface area contributed by atoms with Crippen molar-refractivity contribution in [3.63, 3.8) is 0 Å². The highest BCUT2D eigenvalue weighted by molar-refractivity contribution is 6.31. The molecule has 0 spiro atoms. The predicted molar refractivity (Wildman–Crippen MR) is 130 cm³/mol. The lowest BCUT2D eigenvalue weighted by molar-refractivity contribution is -0.141. The first-order valence-electron chi connectivity index (χ1n) is 10.1. The zero-order valence-electron chi connectivity index (χ0n) is 17.7. The van der Waals surface area contributed by atoms with Crippen LogP contribution in [0.5, 0.6) is 0 Å². The van der Waals surface area contributed by atoms with E-state index < -0.39 is 17.8 Å². The number of nitrogens with one attached hydrogen (secondary N) is 2. The average molecular weight is 518 g/mol. The lowest BCUT2D eigenvalue weighted by atomic mass is 10.2. The molecule has 4 aromatic rings. The molecule has 0 atom stereocenters. The standard InChI is InChI=1S/C24H16Cl2F3N5O/c25-16-11-9-15(10-12-16)22(35)32-23(30-18-6-4-5-17(26)13-18)31-21-14-20(24(27,28)29)33-34(21)19-7-2-1-3-8-19/h1-14H,(H2,30,31,32,35). The summed E-state index contributed by atoms with van der Waals surface area (Å²) in [7, 11) is 0. The number of carbonyl (C=O) groups is 1. The summed E-state index contributed by atoms with van der Waals surface area (Å²) in [6.45, 7) is 0. The van der Waals surface area contributed by atoms with Crippen LogP contribution in [0.3, 0.4) is 0 Å². The second-order valence-corrected chi connectivity index (χ2v) is 8.06. The highest BCUT2D eigenvalue weighted by Crippen LogP contribution is 2.32. The minimum atomic E-state index is -4.70. The molecule has 2 N–H and O–H groups in total. The van der Waals surface area contributed by atoms with Crippen molar-refractivity contribution in [2.45, 2.75) is 6.18 Å². The maximum Gasteiger partial charge on any atom is 0.435 e. The zero-order valence-corrected chi connectivity index (χ0v) is 19.2. The smallest absolute Gasteiger partial charge is 0.326 e. The fourth-order valence-electron chi connectivity index (χ4n) is 3.03. The van der Waals surface area contributed by atoms with Crippen LogP contribution in [0.4, 0.5) is 24.7 Å². The van der Waals surface area contributed by atoms with Gasteiger partial charge in [-0.15, -0.1) is 0 Å². The van der Waals surface area contributed by atoms with Crippen molar-refractivity contribution >= 4 is 46.6 Å². The van der Waals surface area contributed by atoms with Crippen molar-refractivity contribution in [3.05, 3.63) is 106 Å². The molecule has 0 aliphatic heterocycles. The number of aromatic nitrogens is 2. The lowest BCUT2D eigenvalue weighted by Gasteiger charge is -2.13. The number of halogens is 5. The average Bonchev–Trinajstić information content (AvgIpc) is 3.24. The highest BCUT2D eigenvalue weighted by Gasteiger charge is 2.35. The molecule has 0 unspecified atom stereocenters. The third-order valence-corrected chi connectivity index (χ3v) is 5.12. The summed E-state index contributed by atoms with van der Waals surface area (Å²) in [5, 5.41) is 10.0. The molecule has 6 nitrogen and oxygen atoms in total. The fraction of sp³-hybridized carbons (Fsp3) is 0.0417. The molecule has 0 aliphatic rings. The Hall–Kier alpha value is -3.82. The van der Waals surface area contributed by atoms with Gasteiger partial charge in [0.2, 0.25) is 5.96 Å². The van der Waals surface area contributed by atoms with E-state index in [-0.39, 0.29) is 17.3 Å². The SMILES string of the molecule is O=C(NC(=Nc1cc(C(F)(F)F)nn1-c1ccccc1)Nc1cccc(Cl)c1)c1ccc(Cl)cc1. The number of hydrogen-bond acceptors (Lipinski definition) is 3. The van der Waals surface area contributed by atoms with E-state index in [9.17, 15) is 18.0 Å². The number of alkyl halides is 3. The van der Waals surface area contributed by atoms with Crippen LogP contribution in [0.15, 0.2) is 89.9 Å². The molecule has 35 heavy (non-hydrogen) atoms. The summed E-state index contributed by atoms with van der Waals surface area (Å²) in [6.07, 6.45) is -4.70. The predicted octanol–water partition coefficient (Wildman–Crippen LogP) is 6.73. The van der Waals surface area contributed by atoms with E-state index in [0.717, 1.165) is 10.7 Å². The van der Waals surface area contributed by atoms with Gasteiger partial charge in [0.15, 0.2) is 11.5 Å². The lowest BCUT2D eigenvalue weighted by Crippen LogP contribution is -2.35. The summed E-state index contributed by atoms with van der Waals surface area (Å²) in [6, 6.07) is 21.6. The van der Waals surface area contributed by atoms with Crippen LogP contribution < -0.4 is 10.6 Å². The molecule has 1 heterocycles.